The average Bonchev–Trinajstić information content (AvgIpc) is 3.27. The lowest BCUT2D eigenvalue weighted by Gasteiger charge is -2.33. The third-order valence-electron chi connectivity index (χ3n) is 5.90. The summed E-state index contributed by atoms with van der Waals surface area (Å²) >= 11 is 6.39. The summed E-state index contributed by atoms with van der Waals surface area (Å²) in [4.78, 5) is 20.0. The molecular formula is C24H25ClN10O. The number of aromatic nitrogens is 6. The number of anilines is 4. The molecule has 5 heterocycles. The fraction of sp³-hybridized carbons (Fsp3) is 0.333. The minimum atomic E-state index is -0.506. The van der Waals surface area contributed by atoms with Crippen LogP contribution < -0.4 is 15.5 Å². The van der Waals surface area contributed by atoms with Gasteiger partial charge in [-0.05, 0) is 38.0 Å². The molecule has 0 spiro atoms. The summed E-state index contributed by atoms with van der Waals surface area (Å²) in [5, 5.41) is 30.0. The average molecular weight is 505 g/mol. The van der Waals surface area contributed by atoms with Gasteiger partial charge < -0.3 is 20.6 Å². The van der Waals surface area contributed by atoms with E-state index >= 15 is 0 Å². The summed E-state index contributed by atoms with van der Waals surface area (Å²) in [6, 6.07) is 9.67. The van der Waals surface area contributed by atoms with Gasteiger partial charge in [0.25, 0.3) is 0 Å². The van der Waals surface area contributed by atoms with E-state index in [1.165, 1.54) is 0 Å². The second-order valence-corrected chi connectivity index (χ2v) is 9.14. The summed E-state index contributed by atoms with van der Waals surface area (Å²) in [7, 11) is 0. The van der Waals surface area contributed by atoms with Gasteiger partial charge in [0.1, 0.15) is 16.9 Å². The van der Waals surface area contributed by atoms with Crippen molar-refractivity contribution < 1.29 is 5.11 Å². The number of nitriles is 1. The quantitative estimate of drug-likeness (QED) is 0.343. The van der Waals surface area contributed by atoms with Gasteiger partial charge in [0, 0.05) is 49.7 Å². The molecule has 1 aliphatic heterocycles. The van der Waals surface area contributed by atoms with Gasteiger partial charge in [-0.15, -0.1) is 0 Å². The van der Waals surface area contributed by atoms with Crippen molar-refractivity contribution in [1.82, 2.24) is 29.5 Å². The first-order valence-corrected chi connectivity index (χ1v) is 12.0. The molecule has 4 aromatic heterocycles. The minimum Gasteiger partial charge on any atom is -0.393 e. The van der Waals surface area contributed by atoms with Crippen LogP contribution in [-0.2, 0) is 6.42 Å². The van der Waals surface area contributed by atoms with E-state index in [0.717, 1.165) is 37.4 Å². The highest BCUT2D eigenvalue weighted by molar-refractivity contribution is 6.32. The van der Waals surface area contributed by atoms with Crippen LogP contribution in [0.5, 0.6) is 0 Å². The topological polar surface area (TPSA) is 140 Å². The molecule has 12 heteroatoms. The molecule has 184 valence electrons. The number of aliphatic hydroxyl groups excluding tert-OH is 1. The van der Waals surface area contributed by atoms with Crippen LogP contribution >= 0.6 is 11.6 Å². The molecule has 1 unspecified atom stereocenters. The van der Waals surface area contributed by atoms with Crippen molar-refractivity contribution in [3.63, 3.8) is 0 Å². The van der Waals surface area contributed by atoms with Crippen LogP contribution in [0.2, 0.25) is 5.02 Å². The van der Waals surface area contributed by atoms with Crippen molar-refractivity contribution in [3.05, 3.63) is 59.3 Å². The molecule has 1 aliphatic rings. The van der Waals surface area contributed by atoms with Gasteiger partial charge in [-0.2, -0.15) is 15.3 Å². The summed E-state index contributed by atoms with van der Waals surface area (Å²) < 4.78 is 1.67. The monoisotopic (exact) mass is 504 g/mol. The van der Waals surface area contributed by atoms with Crippen LogP contribution in [0, 0.1) is 11.3 Å². The third-order valence-corrected chi connectivity index (χ3v) is 6.17. The molecule has 4 aromatic rings. The normalized spacial score (nSPS) is 15.0. The molecule has 36 heavy (non-hydrogen) atoms. The molecule has 3 N–H and O–H groups in total. The van der Waals surface area contributed by atoms with Gasteiger partial charge in [0.2, 0.25) is 5.95 Å². The second kappa shape index (κ2) is 10.3. The lowest BCUT2D eigenvalue weighted by atomic mass is 10.0. The number of hydrogen-bond donors (Lipinski definition) is 3. The Morgan fingerprint density at radius 3 is 2.75 bits per heavy atom. The zero-order chi connectivity index (χ0) is 25.1. The zero-order valence-corrected chi connectivity index (χ0v) is 20.4. The minimum absolute atomic E-state index is 0.208. The van der Waals surface area contributed by atoms with Crippen LogP contribution in [0.4, 0.5) is 23.3 Å². The Hall–Kier alpha value is -4.01. The molecule has 0 aromatic carbocycles. The summed E-state index contributed by atoms with van der Waals surface area (Å²) in [6.07, 6.45) is 6.64. The van der Waals surface area contributed by atoms with E-state index in [9.17, 15) is 5.11 Å². The number of nitrogens with one attached hydrogen (secondary N) is 2. The smallest absolute Gasteiger partial charge is 0.229 e. The Kier molecular flexibility index (Phi) is 6.79. The Bertz CT molecular complexity index is 1390. The summed E-state index contributed by atoms with van der Waals surface area (Å²) in [5.41, 5.74) is 1.97. The Balaban J connectivity index is 1.22. The Labute approximate surface area is 212 Å². The highest BCUT2D eigenvalue weighted by Gasteiger charge is 2.21. The van der Waals surface area contributed by atoms with Gasteiger partial charge >= 0.3 is 0 Å². The first-order chi connectivity index (χ1) is 17.5. The molecule has 5 rings (SSSR count). The van der Waals surface area contributed by atoms with Gasteiger partial charge in [0.05, 0.1) is 17.9 Å². The van der Waals surface area contributed by atoms with Gasteiger partial charge in [0.15, 0.2) is 17.3 Å². The third kappa shape index (κ3) is 5.45. The van der Waals surface area contributed by atoms with E-state index in [2.05, 4.69) is 46.6 Å². The molecule has 0 aliphatic carbocycles. The largest absolute Gasteiger partial charge is 0.393 e. The summed E-state index contributed by atoms with van der Waals surface area (Å²) in [6.45, 7) is 3.37. The van der Waals surface area contributed by atoms with Crippen LogP contribution in [0.1, 0.15) is 31.2 Å². The van der Waals surface area contributed by atoms with Crippen LogP contribution in [0.3, 0.4) is 0 Å². The maximum absolute atomic E-state index is 9.58. The molecule has 1 saturated heterocycles. The first kappa shape index (κ1) is 23.7. The van der Waals surface area contributed by atoms with E-state index in [1.54, 1.807) is 36.1 Å². The maximum atomic E-state index is 9.58. The predicted molar refractivity (Wildman–Crippen MR) is 137 cm³/mol. The fourth-order valence-corrected chi connectivity index (χ4v) is 4.24. The van der Waals surface area contributed by atoms with Crippen molar-refractivity contribution in [2.75, 3.05) is 28.6 Å². The molecule has 0 amide bonds. The predicted octanol–water partition coefficient (Wildman–Crippen LogP) is 3.19. The highest BCUT2D eigenvalue weighted by Crippen LogP contribution is 2.26. The second-order valence-electron chi connectivity index (χ2n) is 8.74. The number of aliphatic hydroxyl groups is 1. The molecular weight excluding hydrogens is 480 g/mol. The number of piperidine rings is 1. The molecule has 11 nitrogen and oxygen atoms in total. The molecule has 1 fully saturated rings. The van der Waals surface area contributed by atoms with E-state index in [1.807, 2.05) is 18.2 Å². The summed E-state index contributed by atoms with van der Waals surface area (Å²) in [5.74, 6) is 2.44. The molecule has 0 radical (unpaired) electrons. The molecule has 0 saturated carbocycles. The number of pyridine rings is 2. The van der Waals surface area contributed by atoms with Crippen LogP contribution in [0.25, 0.3) is 5.65 Å². The SMILES string of the molecule is CC(O)Cc1nc2cc(Nc3ncc(Cl)c(NC4CCN(c5ccc(C#N)cn5)CC4)n3)ccn2n1. The standard InChI is InChI=1S/C24H25ClN10O/c1-15(36)10-20-31-22-11-18(6-9-35(22)33-20)30-24-28-14-19(25)23(32-24)29-17-4-7-34(8-5-17)21-3-2-16(12-26)13-27-21/h2-3,6,9,11,13-15,17,36H,4-5,7-8,10H2,1H3,(H2,28,29,30,32). The van der Waals surface area contributed by atoms with E-state index < -0.39 is 6.10 Å². The van der Waals surface area contributed by atoms with Gasteiger partial charge in [-0.3, -0.25) is 0 Å². The van der Waals surface area contributed by atoms with Crippen LogP contribution in [-0.4, -0.2) is 59.9 Å². The zero-order valence-electron chi connectivity index (χ0n) is 19.6. The van der Waals surface area contributed by atoms with E-state index in [0.29, 0.717) is 40.2 Å². The highest BCUT2D eigenvalue weighted by atomic mass is 35.5. The number of rotatable bonds is 7. The Morgan fingerprint density at radius 2 is 2.03 bits per heavy atom. The first-order valence-electron chi connectivity index (χ1n) is 11.7. The van der Waals surface area contributed by atoms with Crippen molar-refractivity contribution in [2.24, 2.45) is 0 Å². The number of fused-ring (bicyclic) bond motifs is 1. The molecule has 0 bridgehead atoms. The maximum Gasteiger partial charge on any atom is 0.229 e. The number of hydrogen-bond acceptors (Lipinski definition) is 10. The van der Waals surface area contributed by atoms with Gasteiger partial charge in [-0.1, -0.05) is 11.6 Å². The fourth-order valence-electron chi connectivity index (χ4n) is 4.10. The number of halogens is 1. The van der Waals surface area contributed by atoms with Gasteiger partial charge in [-0.25, -0.2) is 19.5 Å². The molecule has 1 atom stereocenters. The van der Waals surface area contributed by atoms with Crippen LogP contribution in [0.15, 0.2) is 42.9 Å². The van der Waals surface area contributed by atoms with Crippen molar-refractivity contribution in [2.45, 2.75) is 38.3 Å². The lowest BCUT2D eigenvalue weighted by molar-refractivity contribution is 0.193. The lowest BCUT2D eigenvalue weighted by Crippen LogP contribution is -2.39. The van der Waals surface area contributed by atoms with E-state index in [-0.39, 0.29) is 6.04 Å². The van der Waals surface area contributed by atoms with E-state index in [4.69, 9.17) is 16.9 Å². The van der Waals surface area contributed by atoms with Crippen molar-refractivity contribution >= 4 is 40.5 Å². The Morgan fingerprint density at radius 1 is 1.19 bits per heavy atom. The number of nitrogens with zero attached hydrogens (tertiary/aromatic N) is 8. The van der Waals surface area contributed by atoms with Crippen molar-refractivity contribution in [1.29, 1.82) is 5.26 Å². The van der Waals surface area contributed by atoms with Crippen molar-refractivity contribution in [3.8, 4) is 6.07 Å².